The Kier molecular flexibility index (Phi) is 3.12. The number of benzene rings is 1. The van der Waals surface area contributed by atoms with Crippen molar-refractivity contribution in [3.05, 3.63) is 42.0 Å². The van der Waals surface area contributed by atoms with Crippen LogP contribution in [0.5, 0.6) is 0 Å². The van der Waals surface area contributed by atoms with Crippen LogP contribution in [0.2, 0.25) is 0 Å². The minimum Gasteiger partial charge on any atom is -0.323 e. The fraction of sp³-hybridized carbons (Fsp3) is 0.385. The van der Waals surface area contributed by atoms with Gasteiger partial charge in [-0.15, -0.1) is 0 Å². The summed E-state index contributed by atoms with van der Waals surface area (Å²) in [6, 6.07) is 8.21. The topological polar surface area (TPSA) is 26.0 Å². The molecule has 0 aliphatic heterocycles. The van der Waals surface area contributed by atoms with Crippen LogP contribution in [-0.4, -0.2) is 0 Å². The van der Waals surface area contributed by atoms with Crippen molar-refractivity contribution in [2.45, 2.75) is 26.8 Å². The Balaban J connectivity index is 3.12. The molecule has 1 aromatic rings. The minimum absolute atomic E-state index is 0.0525. The molecule has 0 radical (unpaired) electrons. The number of rotatable bonds is 2. The van der Waals surface area contributed by atoms with E-state index in [-0.39, 0.29) is 11.5 Å². The second-order valence-electron chi connectivity index (χ2n) is 4.68. The van der Waals surface area contributed by atoms with E-state index in [0.29, 0.717) is 0 Å². The van der Waals surface area contributed by atoms with Gasteiger partial charge in [-0.3, -0.25) is 0 Å². The molecule has 0 saturated carbocycles. The summed E-state index contributed by atoms with van der Waals surface area (Å²) in [7, 11) is 0. The van der Waals surface area contributed by atoms with Gasteiger partial charge in [-0.25, -0.2) is 0 Å². The van der Waals surface area contributed by atoms with Crippen molar-refractivity contribution in [3.63, 3.8) is 0 Å². The van der Waals surface area contributed by atoms with Crippen molar-refractivity contribution in [3.8, 4) is 0 Å². The summed E-state index contributed by atoms with van der Waals surface area (Å²) in [5.74, 6) is 0. The third-order valence-corrected chi connectivity index (χ3v) is 2.48. The highest BCUT2D eigenvalue weighted by atomic mass is 14.7. The summed E-state index contributed by atoms with van der Waals surface area (Å²) in [5.41, 5.74) is 8.59. The van der Waals surface area contributed by atoms with E-state index in [0.717, 1.165) is 5.56 Å². The van der Waals surface area contributed by atoms with E-state index in [1.165, 1.54) is 5.56 Å². The zero-order valence-electron chi connectivity index (χ0n) is 9.25. The van der Waals surface area contributed by atoms with Crippen LogP contribution in [-0.2, 0) is 0 Å². The molecule has 14 heavy (non-hydrogen) atoms. The van der Waals surface area contributed by atoms with E-state index in [2.05, 4.69) is 33.4 Å². The predicted molar refractivity (Wildman–Crippen MR) is 62.9 cm³/mol. The molecule has 0 spiro atoms. The van der Waals surface area contributed by atoms with E-state index in [4.69, 9.17) is 5.73 Å². The highest BCUT2D eigenvalue weighted by Crippen LogP contribution is 2.32. The van der Waals surface area contributed by atoms with Gasteiger partial charge in [-0.1, -0.05) is 57.7 Å². The lowest BCUT2D eigenvalue weighted by molar-refractivity contribution is 0.326. The van der Waals surface area contributed by atoms with Crippen LogP contribution in [0.1, 0.15) is 37.9 Å². The van der Waals surface area contributed by atoms with Crippen LogP contribution in [0, 0.1) is 5.41 Å². The smallest absolute Gasteiger partial charge is 0.0350 e. The van der Waals surface area contributed by atoms with Crippen LogP contribution in [0.25, 0.3) is 6.08 Å². The van der Waals surface area contributed by atoms with Gasteiger partial charge in [0.05, 0.1) is 0 Å². The van der Waals surface area contributed by atoms with Gasteiger partial charge in [0.25, 0.3) is 0 Å². The van der Waals surface area contributed by atoms with Crippen molar-refractivity contribution in [1.82, 2.24) is 0 Å². The molecule has 76 valence electrons. The summed E-state index contributed by atoms with van der Waals surface area (Å²) < 4.78 is 0. The largest absolute Gasteiger partial charge is 0.323 e. The van der Waals surface area contributed by atoms with Crippen molar-refractivity contribution >= 4 is 6.08 Å². The van der Waals surface area contributed by atoms with Crippen molar-refractivity contribution in [2.75, 3.05) is 0 Å². The van der Waals surface area contributed by atoms with E-state index in [1.807, 2.05) is 24.3 Å². The van der Waals surface area contributed by atoms with Crippen molar-refractivity contribution in [1.29, 1.82) is 0 Å². The first kappa shape index (κ1) is 11.0. The van der Waals surface area contributed by atoms with Gasteiger partial charge < -0.3 is 5.73 Å². The summed E-state index contributed by atoms with van der Waals surface area (Å²) in [6.45, 7) is 10.3. The molecule has 0 fully saturated rings. The second kappa shape index (κ2) is 3.97. The first-order chi connectivity index (χ1) is 6.46. The highest BCUT2D eigenvalue weighted by Gasteiger charge is 2.23. The minimum atomic E-state index is 0.0525. The van der Waals surface area contributed by atoms with Gasteiger partial charge in [0.1, 0.15) is 0 Å². The quantitative estimate of drug-likeness (QED) is 0.758. The molecule has 0 aliphatic rings. The van der Waals surface area contributed by atoms with E-state index in [9.17, 15) is 0 Å². The Morgan fingerprint density at radius 1 is 1.29 bits per heavy atom. The van der Waals surface area contributed by atoms with Crippen LogP contribution in [0.4, 0.5) is 0 Å². The van der Waals surface area contributed by atoms with Gasteiger partial charge >= 0.3 is 0 Å². The number of hydrogen-bond donors (Lipinski definition) is 1. The molecule has 0 aliphatic carbocycles. The average molecular weight is 189 g/mol. The molecule has 0 heterocycles. The third-order valence-electron chi connectivity index (χ3n) is 2.48. The van der Waals surface area contributed by atoms with Gasteiger partial charge in [0.2, 0.25) is 0 Å². The Hall–Kier alpha value is -1.08. The highest BCUT2D eigenvalue weighted by molar-refractivity contribution is 5.52. The maximum Gasteiger partial charge on any atom is 0.0350 e. The first-order valence-corrected chi connectivity index (χ1v) is 4.93. The standard InChI is InChI=1S/C13H19N/c1-5-10-8-6-7-9-11(10)12(14)13(2,3)4/h5-9,12H,1,14H2,2-4H3. The van der Waals surface area contributed by atoms with Crippen molar-refractivity contribution in [2.24, 2.45) is 11.1 Å². The molecule has 1 heteroatoms. The normalized spacial score (nSPS) is 13.7. The monoisotopic (exact) mass is 189 g/mol. The fourth-order valence-electron chi connectivity index (χ4n) is 1.45. The van der Waals surface area contributed by atoms with Gasteiger partial charge in [-0.05, 0) is 16.5 Å². The summed E-state index contributed by atoms with van der Waals surface area (Å²) in [5, 5.41) is 0. The lowest BCUT2D eigenvalue weighted by Crippen LogP contribution is -2.26. The Morgan fingerprint density at radius 3 is 2.36 bits per heavy atom. The zero-order valence-corrected chi connectivity index (χ0v) is 9.25. The van der Waals surface area contributed by atoms with E-state index >= 15 is 0 Å². The van der Waals surface area contributed by atoms with Gasteiger partial charge in [0.15, 0.2) is 0 Å². The van der Waals surface area contributed by atoms with Crippen LogP contribution < -0.4 is 5.73 Å². The number of hydrogen-bond acceptors (Lipinski definition) is 1. The second-order valence-corrected chi connectivity index (χ2v) is 4.68. The molecule has 2 N–H and O–H groups in total. The Bertz CT molecular complexity index is 320. The molecular formula is C13H19N. The number of nitrogens with two attached hydrogens (primary N) is 1. The van der Waals surface area contributed by atoms with Gasteiger partial charge in [0, 0.05) is 6.04 Å². The predicted octanol–water partition coefficient (Wildman–Crippen LogP) is 3.38. The average Bonchev–Trinajstić information content (AvgIpc) is 2.15. The maximum absolute atomic E-state index is 6.20. The first-order valence-electron chi connectivity index (χ1n) is 4.93. The van der Waals surface area contributed by atoms with E-state index < -0.39 is 0 Å². The molecule has 1 rings (SSSR count). The molecule has 0 saturated heterocycles. The maximum atomic E-state index is 6.20. The van der Waals surface area contributed by atoms with Crippen molar-refractivity contribution < 1.29 is 0 Å². The third kappa shape index (κ3) is 2.24. The molecule has 0 aromatic heterocycles. The SMILES string of the molecule is C=Cc1ccccc1C(N)C(C)(C)C. The molecular weight excluding hydrogens is 170 g/mol. The molecule has 1 aromatic carbocycles. The Labute approximate surface area is 86.6 Å². The molecule has 0 bridgehead atoms. The van der Waals surface area contributed by atoms with Crippen LogP contribution in [0.3, 0.4) is 0 Å². The lowest BCUT2D eigenvalue weighted by atomic mass is 9.81. The summed E-state index contributed by atoms with van der Waals surface area (Å²) in [4.78, 5) is 0. The van der Waals surface area contributed by atoms with Gasteiger partial charge in [-0.2, -0.15) is 0 Å². The van der Waals surface area contributed by atoms with Crippen LogP contribution >= 0.6 is 0 Å². The molecule has 1 unspecified atom stereocenters. The molecule has 1 nitrogen and oxygen atoms in total. The lowest BCUT2D eigenvalue weighted by Gasteiger charge is -2.28. The molecule has 1 atom stereocenters. The summed E-state index contributed by atoms with van der Waals surface area (Å²) >= 11 is 0. The fourth-order valence-corrected chi connectivity index (χ4v) is 1.45. The summed E-state index contributed by atoms with van der Waals surface area (Å²) in [6.07, 6.45) is 1.86. The Morgan fingerprint density at radius 2 is 1.86 bits per heavy atom. The van der Waals surface area contributed by atoms with Crippen LogP contribution in [0.15, 0.2) is 30.8 Å². The zero-order chi connectivity index (χ0) is 10.8. The van der Waals surface area contributed by atoms with E-state index in [1.54, 1.807) is 0 Å². The molecule has 0 amide bonds.